The van der Waals surface area contributed by atoms with Gasteiger partial charge in [-0.3, -0.25) is 14.6 Å². The monoisotopic (exact) mass is 496 g/mol. The Balaban J connectivity index is 1.72. The minimum absolute atomic E-state index is 0.0830. The number of pyridine rings is 1. The third-order valence-electron chi connectivity index (χ3n) is 3.25. The van der Waals surface area contributed by atoms with Crippen LogP contribution < -0.4 is 15.5 Å². The van der Waals surface area contributed by atoms with Gasteiger partial charge in [0.15, 0.2) is 6.61 Å². The zero-order chi connectivity index (χ0) is 19.6. The lowest BCUT2D eigenvalue weighted by Gasteiger charge is -2.08. The molecule has 142 valence electrons. The average molecular weight is 498 g/mol. The highest BCUT2D eigenvalue weighted by atomic mass is 79.9. The molecule has 1 aromatic carbocycles. The van der Waals surface area contributed by atoms with Gasteiger partial charge in [0.25, 0.3) is 5.91 Å². The summed E-state index contributed by atoms with van der Waals surface area (Å²) in [6.07, 6.45) is 3.44. The molecule has 2 amide bonds. The van der Waals surface area contributed by atoms with Crippen LogP contribution in [0, 0.1) is 0 Å². The fourth-order valence-corrected chi connectivity index (χ4v) is 3.12. The predicted octanol–water partition coefficient (Wildman–Crippen LogP) is 3.18. The molecule has 2 aromatic rings. The van der Waals surface area contributed by atoms with Gasteiger partial charge in [0, 0.05) is 29.1 Å². The van der Waals surface area contributed by atoms with Crippen LogP contribution in [0.25, 0.3) is 0 Å². The fraction of sp³-hybridized carbons (Fsp3) is 0.222. The Morgan fingerprint density at radius 2 is 2.04 bits per heavy atom. The second-order valence-electron chi connectivity index (χ2n) is 5.56. The topological polar surface area (TPSA) is 92.7 Å². The molecular formula is C18H18Br2N4O3. The number of amides is 2. The number of halogens is 2. The molecule has 0 spiro atoms. The van der Waals surface area contributed by atoms with Crippen LogP contribution in [-0.2, 0) is 16.1 Å². The molecule has 0 saturated heterocycles. The van der Waals surface area contributed by atoms with E-state index in [1.54, 1.807) is 31.5 Å². The lowest BCUT2D eigenvalue weighted by atomic mass is 10.2. The molecule has 2 rings (SSSR count). The number of hydrazone groups is 1. The summed E-state index contributed by atoms with van der Waals surface area (Å²) >= 11 is 6.70. The van der Waals surface area contributed by atoms with E-state index in [0.29, 0.717) is 18.0 Å². The van der Waals surface area contributed by atoms with Crippen molar-refractivity contribution in [1.29, 1.82) is 0 Å². The summed E-state index contributed by atoms with van der Waals surface area (Å²) in [6, 6.07) is 9.05. The van der Waals surface area contributed by atoms with E-state index in [9.17, 15) is 9.59 Å². The minimum atomic E-state index is -0.417. The molecule has 0 bridgehead atoms. The fourth-order valence-electron chi connectivity index (χ4n) is 1.96. The molecule has 7 nitrogen and oxygen atoms in total. The molecule has 0 aliphatic rings. The molecule has 0 aliphatic carbocycles. The highest BCUT2D eigenvalue weighted by Crippen LogP contribution is 2.28. The van der Waals surface area contributed by atoms with Gasteiger partial charge >= 0.3 is 0 Å². The second kappa shape index (κ2) is 10.8. The van der Waals surface area contributed by atoms with Crippen LogP contribution in [0.2, 0.25) is 0 Å². The van der Waals surface area contributed by atoms with Crippen LogP contribution in [0.15, 0.2) is 56.8 Å². The maximum atomic E-state index is 11.9. The van der Waals surface area contributed by atoms with Crippen LogP contribution in [0.4, 0.5) is 0 Å². The van der Waals surface area contributed by atoms with Crippen molar-refractivity contribution >= 4 is 49.4 Å². The van der Waals surface area contributed by atoms with Gasteiger partial charge in [0.2, 0.25) is 5.91 Å². The summed E-state index contributed by atoms with van der Waals surface area (Å²) < 4.78 is 7.05. The number of nitrogens with one attached hydrogen (secondary N) is 2. The third-order valence-corrected chi connectivity index (χ3v) is 4.37. The number of carbonyl (C=O) groups is 2. The number of carbonyl (C=O) groups excluding carboxylic acids is 2. The van der Waals surface area contributed by atoms with Crippen molar-refractivity contribution in [2.75, 3.05) is 6.61 Å². The Morgan fingerprint density at radius 3 is 2.74 bits per heavy atom. The van der Waals surface area contributed by atoms with Crippen LogP contribution in [0.3, 0.4) is 0 Å². The van der Waals surface area contributed by atoms with Crippen molar-refractivity contribution in [2.24, 2.45) is 5.10 Å². The predicted molar refractivity (Wildman–Crippen MR) is 109 cm³/mol. The van der Waals surface area contributed by atoms with Crippen molar-refractivity contribution in [3.63, 3.8) is 0 Å². The largest absolute Gasteiger partial charge is 0.483 e. The van der Waals surface area contributed by atoms with Crippen LogP contribution in [-0.4, -0.2) is 29.1 Å². The van der Waals surface area contributed by atoms with Crippen LogP contribution >= 0.6 is 31.9 Å². The normalized spacial score (nSPS) is 11.0. The van der Waals surface area contributed by atoms with E-state index in [1.807, 2.05) is 18.2 Å². The van der Waals surface area contributed by atoms with E-state index in [1.165, 1.54) is 0 Å². The number of hydrogen-bond acceptors (Lipinski definition) is 5. The smallest absolute Gasteiger partial charge is 0.277 e. The first kappa shape index (κ1) is 21.0. The highest BCUT2D eigenvalue weighted by Gasteiger charge is 2.07. The number of ether oxygens (including phenoxy) is 1. The van der Waals surface area contributed by atoms with Gasteiger partial charge in [0.05, 0.1) is 10.9 Å². The van der Waals surface area contributed by atoms with E-state index in [2.05, 4.69) is 52.7 Å². The molecule has 9 heteroatoms. The maximum Gasteiger partial charge on any atom is 0.277 e. The van der Waals surface area contributed by atoms with Crippen LogP contribution in [0.5, 0.6) is 5.75 Å². The summed E-state index contributed by atoms with van der Waals surface area (Å²) in [5, 5.41) is 6.68. The minimum Gasteiger partial charge on any atom is -0.483 e. The quantitative estimate of drug-likeness (QED) is 0.432. The summed E-state index contributed by atoms with van der Waals surface area (Å²) in [7, 11) is 0. The molecule has 2 N–H and O–H groups in total. The Bertz CT molecular complexity index is 829. The first-order valence-corrected chi connectivity index (χ1v) is 9.58. The standard InChI is InChI=1S/C18H18Br2N4O3/c1-12(7-17(25)22-10-13-3-2-6-21-9-13)23-24-18(26)11-27-16-5-4-14(19)8-15(16)20/h2-6,8-9H,7,10-11H2,1H3,(H,22,25)(H,24,26)/b23-12+. The van der Waals surface area contributed by atoms with Crippen molar-refractivity contribution < 1.29 is 14.3 Å². The maximum absolute atomic E-state index is 11.9. The Morgan fingerprint density at radius 1 is 1.22 bits per heavy atom. The Labute approximate surface area is 173 Å². The van der Waals surface area contributed by atoms with Gasteiger partial charge in [-0.05, 0) is 52.7 Å². The average Bonchev–Trinajstić information content (AvgIpc) is 2.65. The Hall–Kier alpha value is -2.26. The summed E-state index contributed by atoms with van der Waals surface area (Å²) in [5.74, 6) is -0.0619. The van der Waals surface area contributed by atoms with Gasteiger partial charge in [-0.1, -0.05) is 22.0 Å². The zero-order valence-electron chi connectivity index (χ0n) is 14.5. The van der Waals surface area contributed by atoms with E-state index in [4.69, 9.17) is 4.74 Å². The van der Waals surface area contributed by atoms with Crippen molar-refractivity contribution in [3.8, 4) is 5.75 Å². The number of benzene rings is 1. The molecule has 0 fully saturated rings. The Kier molecular flexibility index (Phi) is 8.41. The number of hydrogen-bond donors (Lipinski definition) is 2. The second-order valence-corrected chi connectivity index (χ2v) is 7.33. The van der Waals surface area contributed by atoms with Gasteiger partial charge in [-0.2, -0.15) is 5.10 Å². The SMILES string of the molecule is C/C(CC(=O)NCc1cccnc1)=N\NC(=O)COc1ccc(Br)cc1Br. The number of aromatic nitrogens is 1. The lowest BCUT2D eigenvalue weighted by molar-refractivity contribution is -0.123. The zero-order valence-corrected chi connectivity index (χ0v) is 17.7. The van der Waals surface area contributed by atoms with Gasteiger partial charge in [-0.25, -0.2) is 5.43 Å². The summed E-state index contributed by atoms with van der Waals surface area (Å²) in [4.78, 5) is 27.7. The van der Waals surface area contributed by atoms with E-state index < -0.39 is 5.91 Å². The van der Waals surface area contributed by atoms with E-state index in [0.717, 1.165) is 14.5 Å². The molecule has 27 heavy (non-hydrogen) atoms. The van der Waals surface area contributed by atoms with Crippen molar-refractivity contribution in [1.82, 2.24) is 15.7 Å². The molecule has 1 heterocycles. The lowest BCUT2D eigenvalue weighted by Crippen LogP contribution is -2.28. The molecule has 0 unspecified atom stereocenters. The summed E-state index contributed by atoms with van der Waals surface area (Å²) in [6.45, 7) is 1.86. The molecular weight excluding hydrogens is 480 g/mol. The van der Waals surface area contributed by atoms with Crippen molar-refractivity contribution in [2.45, 2.75) is 19.9 Å². The molecule has 1 aromatic heterocycles. The molecule has 0 radical (unpaired) electrons. The number of nitrogens with zero attached hydrogens (tertiary/aromatic N) is 2. The summed E-state index contributed by atoms with van der Waals surface area (Å²) in [5.41, 5.74) is 3.76. The van der Waals surface area contributed by atoms with E-state index in [-0.39, 0.29) is 18.9 Å². The molecule has 0 saturated carbocycles. The molecule has 0 atom stereocenters. The first-order chi connectivity index (χ1) is 12.9. The van der Waals surface area contributed by atoms with Gasteiger partial charge in [-0.15, -0.1) is 0 Å². The van der Waals surface area contributed by atoms with Crippen molar-refractivity contribution in [3.05, 3.63) is 57.2 Å². The first-order valence-electron chi connectivity index (χ1n) is 7.99. The van der Waals surface area contributed by atoms with Gasteiger partial charge < -0.3 is 10.1 Å². The number of rotatable bonds is 8. The van der Waals surface area contributed by atoms with E-state index >= 15 is 0 Å². The van der Waals surface area contributed by atoms with Gasteiger partial charge in [0.1, 0.15) is 5.75 Å². The van der Waals surface area contributed by atoms with Crippen LogP contribution in [0.1, 0.15) is 18.9 Å². The molecule has 0 aliphatic heterocycles. The highest BCUT2D eigenvalue weighted by molar-refractivity contribution is 9.11. The third kappa shape index (κ3) is 7.88.